The van der Waals surface area contributed by atoms with Crippen LogP contribution >= 0.6 is 0 Å². The molecule has 1 amide bonds. The van der Waals surface area contributed by atoms with Crippen LogP contribution in [-0.2, 0) is 18.8 Å². The Morgan fingerprint density at radius 2 is 1.63 bits per heavy atom. The number of likely N-dealkylation sites (tertiary alicyclic amines) is 2. The summed E-state index contributed by atoms with van der Waals surface area (Å²) in [5.41, 5.74) is -2.29. The topological polar surface area (TPSA) is 35.6 Å². The number of alkyl halides is 6. The van der Waals surface area contributed by atoms with Crippen molar-refractivity contribution in [1.29, 1.82) is 0 Å². The smallest absolute Gasteiger partial charge is 0.335 e. The standard InChI is InChI=1S/C28H31F6N3O/c29-27(30,31)21-13-20(14-22(15-21)28(32,33)34)25(38)37-10-6-23(16-24(37)12-19-4-2-1-3-5-19)36-11-8-26(18-36)7-9-35-17-26/h1-5,13-15,23-24,35H,6-12,16-18H2. The summed E-state index contributed by atoms with van der Waals surface area (Å²) < 4.78 is 80.7. The Labute approximate surface area is 218 Å². The number of halogens is 6. The van der Waals surface area contributed by atoms with Crippen molar-refractivity contribution in [2.24, 2.45) is 5.41 Å². The minimum absolute atomic E-state index is 0.0611. The molecule has 206 valence electrons. The monoisotopic (exact) mass is 539 g/mol. The average molecular weight is 540 g/mol. The van der Waals surface area contributed by atoms with E-state index in [4.69, 9.17) is 0 Å². The quantitative estimate of drug-likeness (QED) is 0.512. The Balaban J connectivity index is 1.42. The fraction of sp³-hybridized carbons (Fsp3) is 0.536. The maximum Gasteiger partial charge on any atom is 0.416 e. The summed E-state index contributed by atoms with van der Waals surface area (Å²) in [7, 11) is 0. The van der Waals surface area contributed by atoms with Crippen molar-refractivity contribution >= 4 is 5.91 Å². The number of nitrogens with zero attached hydrogens (tertiary/aromatic N) is 2. The highest BCUT2D eigenvalue weighted by Gasteiger charge is 2.45. The Morgan fingerprint density at radius 1 is 0.947 bits per heavy atom. The molecule has 2 aromatic rings. The van der Waals surface area contributed by atoms with Gasteiger partial charge in [0, 0.05) is 37.3 Å². The molecule has 5 rings (SSSR count). The van der Waals surface area contributed by atoms with Crippen molar-refractivity contribution in [1.82, 2.24) is 15.1 Å². The van der Waals surface area contributed by atoms with Gasteiger partial charge in [0.05, 0.1) is 11.1 Å². The number of benzene rings is 2. The number of rotatable bonds is 4. The first kappa shape index (κ1) is 27.0. The summed E-state index contributed by atoms with van der Waals surface area (Å²) in [4.78, 5) is 17.5. The highest BCUT2D eigenvalue weighted by Crippen LogP contribution is 2.40. The summed E-state index contributed by atoms with van der Waals surface area (Å²) in [5, 5.41) is 3.45. The average Bonchev–Trinajstić information content (AvgIpc) is 3.52. The van der Waals surface area contributed by atoms with E-state index in [9.17, 15) is 31.1 Å². The van der Waals surface area contributed by atoms with Crippen LogP contribution in [0.5, 0.6) is 0 Å². The molecule has 38 heavy (non-hydrogen) atoms. The van der Waals surface area contributed by atoms with E-state index in [1.165, 1.54) is 4.90 Å². The second-order valence-electron chi connectivity index (χ2n) is 11.0. The fourth-order valence-electron chi connectivity index (χ4n) is 6.38. The lowest BCUT2D eigenvalue weighted by atomic mass is 9.86. The SMILES string of the molecule is O=C(c1cc(C(F)(F)F)cc(C(F)(F)F)c1)N1CCC(N2CCC3(CCNC3)C2)CC1Cc1ccccc1. The first-order chi connectivity index (χ1) is 17.9. The normalized spacial score (nSPS) is 26.8. The zero-order chi connectivity index (χ0) is 27.1. The van der Waals surface area contributed by atoms with E-state index in [2.05, 4.69) is 10.2 Å². The van der Waals surface area contributed by atoms with Gasteiger partial charge in [0.1, 0.15) is 0 Å². The predicted molar refractivity (Wildman–Crippen MR) is 131 cm³/mol. The van der Waals surface area contributed by atoms with Crippen molar-refractivity contribution < 1.29 is 31.1 Å². The fourth-order valence-corrected chi connectivity index (χ4v) is 6.38. The van der Waals surface area contributed by atoms with E-state index in [1.807, 2.05) is 30.3 Å². The molecule has 1 spiro atoms. The molecular weight excluding hydrogens is 508 g/mol. The van der Waals surface area contributed by atoms with Gasteiger partial charge in [-0.1, -0.05) is 30.3 Å². The van der Waals surface area contributed by atoms with E-state index in [1.54, 1.807) is 0 Å². The predicted octanol–water partition coefficient (Wildman–Crippen LogP) is 5.63. The van der Waals surface area contributed by atoms with Crippen LogP contribution in [-0.4, -0.2) is 60.5 Å². The molecule has 0 bridgehead atoms. The molecule has 3 atom stereocenters. The van der Waals surface area contributed by atoms with Gasteiger partial charge in [-0.15, -0.1) is 0 Å². The largest absolute Gasteiger partial charge is 0.416 e. The Morgan fingerprint density at radius 3 is 2.24 bits per heavy atom. The minimum Gasteiger partial charge on any atom is -0.335 e. The molecule has 3 saturated heterocycles. The van der Waals surface area contributed by atoms with Gasteiger partial charge in [-0.3, -0.25) is 9.69 Å². The lowest BCUT2D eigenvalue weighted by Crippen LogP contribution is -2.52. The van der Waals surface area contributed by atoms with Crippen LogP contribution in [0.1, 0.15) is 52.7 Å². The molecule has 10 heteroatoms. The van der Waals surface area contributed by atoms with Gasteiger partial charge >= 0.3 is 12.4 Å². The molecule has 0 aromatic heterocycles. The Kier molecular flexibility index (Phi) is 7.24. The molecule has 3 aliphatic rings. The minimum atomic E-state index is -5.01. The van der Waals surface area contributed by atoms with E-state index in [-0.39, 0.29) is 30.1 Å². The number of carbonyl (C=O) groups excluding carboxylic acids is 1. The molecular formula is C28H31F6N3O. The van der Waals surface area contributed by atoms with Gasteiger partial charge in [-0.25, -0.2) is 0 Å². The molecule has 2 aromatic carbocycles. The van der Waals surface area contributed by atoms with Crippen LogP contribution in [0.4, 0.5) is 26.3 Å². The van der Waals surface area contributed by atoms with Crippen LogP contribution in [0.15, 0.2) is 48.5 Å². The zero-order valence-corrected chi connectivity index (χ0v) is 20.9. The molecule has 4 nitrogen and oxygen atoms in total. The third-order valence-electron chi connectivity index (χ3n) is 8.41. The number of piperidine rings is 1. The van der Waals surface area contributed by atoms with Crippen molar-refractivity contribution in [3.63, 3.8) is 0 Å². The van der Waals surface area contributed by atoms with Gasteiger partial charge in [-0.05, 0) is 74.4 Å². The van der Waals surface area contributed by atoms with Crippen molar-refractivity contribution in [2.75, 3.05) is 32.7 Å². The highest BCUT2D eigenvalue weighted by atomic mass is 19.4. The highest BCUT2D eigenvalue weighted by molar-refractivity contribution is 5.95. The first-order valence-corrected chi connectivity index (χ1v) is 13.0. The summed E-state index contributed by atoms with van der Waals surface area (Å²) in [5.74, 6) is -0.793. The van der Waals surface area contributed by atoms with Crippen LogP contribution < -0.4 is 5.32 Å². The third kappa shape index (κ3) is 5.71. The molecule has 3 unspecified atom stereocenters. The van der Waals surface area contributed by atoms with Gasteiger partial charge < -0.3 is 10.2 Å². The number of nitrogens with one attached hydrogen (secondary N) is 1. The number of hydrogen-bond donors (Lipinski definition) is 1. The summed E-state index contributed by atoms with van der Waals surface area (Å²) in [6, 6.07) is 10.5. The van der Waals surface area contributed by atoms with Gasteiger partial charge in [0.2, 0.25) is 0 Å². The zero-order valence-electron chi connectivity index (χ0n) is 20.9. The molecule has 0 saturated carbocycles. The lowest BCUT2D eigenvalue weighted by molar-refractivity contribution is -0.143. The Hall–Kier alpha value is -2.59. The van der Waals surface area contributed by atoms with Gasteiger partial charge in [0.25, 0.3) is 5.91 Å². The van der Waals surface area contributed by atoms with E-state index in [0.29, 0.717) is 31.4 Å². The van der Waals surface area contributed by atoms with E-state index < -0.39 is 35.0 Å². The van der Waals surface area contributed by atoms with Crippen LogP contribution in [0.25, 0.3) is 0 Å². The van der Waals surface area contributed by atoms with E-state index >= 15 is 0 Å². The van der Waals surface area contributed by atoms with E-state index in [0.717, 1.165) is 44.6 Å². The van der Waals surface area contributed by atoms with Crippen molar-refractivity contribution in [2.45, 2.75) is 56.5 Å². The first-order valence-electron chi connectivity index (χ1n) is 13.0. The lowest BCUT2D eigenvalue weighted by Gasteiger charge is -2.43. The van der Waals surface area contributed by atoms with Gasteiger partial charge in [-0.2, -0.15) is 26.3 Å². The van der Waals surface area contributed by atoms with Gasteiger partial charge in [0.15, 0.2) is 0 Å². The number of hydrogen-bond acceptors (Lipinski definition) is 3. The maximum atomic E-state index is 13.6. The summed E-state index contributed by atoms with van der Waals surface area (Å²) in [6.07, 6.45) is -6.05. The summed E-state index contributed by atoms with van der Waals surface area (Å²) >= 11 is 0. The Bertz CT molecular complexity index is 1110. The second-order valence-corrected chi connectivity index (χ2v) is 11.0. The third-order valence-corrected chi connectivity index (χ3v) is 8.41. The number of carbonyl (C=O) groups is 1. The van der Waals surface area contributed by atoms with Crippen LogP contribution in [0, 0.1) is 5.41 Å². The van der Waals surface area contributed by atoms with Crippen molar-refractivity contribution in [3.05, 3.63) is 70.8 Å². The molecule has 3 fully saturated rings. The second kappa shape index (κ2) is 10.2. The summed E-state index contributed by atoms with van der Waals surface area (Å²) in [6.45, 7) is 4.21. The number of amides is 1. The molecule has 3 heterocycles. The van der Waals surface area contributed by atoms with Crippen LogP contribution in [0.2, 0.25) is 0 Å². The molecule has 3 aliphatic heterocycles. The molecule has 1 N–H and O–H groups in total. The molecule has 0 aliphatic carbocycles. The van der Waals surface area contributed by atoms with Crippen LogP contribution in [0.3, 0.4) is 0 Å². The van der Waals surface area contributed by atoms with Crippen molar-refractivity contribution in [3.8, 4) is 0 Å². The molecule has 0 radical (unpaired) electrons. The maximum absolute atomic E-state index is 13.6.